The average Bonchev–Trinajstić information content (AvgIpc) is 3.50. The van der Waals surface area contributed by atoms with Crippen LogP contribution in [-0.4, -0.2) is 40.2 Å². The van der Waals surface area contributed by atoms with Gasteiger partial charge in [-0.1, -0.05) is 30.4 Å². The summed E-state index contributed by atoms with van der Waals surface area (Å²) in [6.45, 7) is 3.87. The first-order valence-corrected chi connectivity index (χ1v) is 10.4. The van der Waals surface area contributed by atoms with Gasteiger partial charge in [0.05, 0.1) is 24.7 Å². The first-order chi connectivity index (χ1) is 14.5. The quantitative estimate of drug-likeness (QED) is 0.332. The molecule has 1 saturated heterocycles. The van der Waals surface area contributed by atoms with Crippen LogP contribution < -0.4 is 0 Å². The summed E-state index contributed by atoms with van der Waals surface area (Å²) in [6.07, 6.45) is 8.38. The molecule has 154 valence electrons. The molecule has 0 radical (unpaired) electrons. The summed E-state index contributed by atoms with van der Waals surface area (Å²) in [5.41, 5.74) is 1.60. The summed E-state index contributed by atoms with van der Waals surface area (Å²) in [7, 11) is 0. The number of allylic oxidation sites excluding steroid dienone is 2. The number of esters is 1. The van der Waals surface area contributed by atoms with Gasteiger partial charge in [-0.3, -0.25) is 9.59 Å². The number of hydrazone groups is 1. The fraction of sp³-hybridized carbons (Fsp3) is 0.391. The molecule has 0 unspecified atom stereocenters. The summed E-state index contributed by atoms with van der Waals surface area (Å²) >= 11 is 0. The molecular formula is C23H23N3O4. The summed E-state index contributed by atoms with van der Waals surface area (Å²) < 4.78 is 6.99. The predicted molar refractivity (Wildman–Crippen MR) is 110 cm³/mol. The van der Waals surface area contributed by atoms with Crippen molar-refractivity contribution in [1.82, 2.24) is 9.58 Å². The van der Waals surface area contributed by atoms with Gasteiger partial charge in [0.15, 0.2) is 0 Å². The summed E-state index contributed by atoms with van der Waals surface area (Å²) in [4.78, 5) is 37.9. The summed E-state index contributed by atoms with van der Waals surface area (Å²) in [6, 6.07) is 7.14. The highest BCUT2D eigenvalue weighted by atomic mass is 16.5. The lowest BCUT2D eigenvalue weighted by Crippen LogP contribution is -2.28. The van der Waals surface area contributed by atoms with Gasteiger partial charge in [-0.15, -0.1) is 0 Å². The minimum Gasteiger partial charge on any atom is -0.464 e. The topological polar surface area (TPSA) is 81.0 Å². The Bertz CT molecular complexity index is 1080. The second-order valence-electron chi connectivity index (χ2n) is 8.17. The Morgan fingerprint density at radius 2 is 1.87 bits per heavy atom. The number of fused-ring (bicyclic) bond motifs is 6. The molecule has 3 aliphatic rings. The van der Waals surface area contributed by atoms with E-state index >= 15 is 0 Å². The van der Waals surface area contributed by atoms with E-state index in [0.717, 1.165) is 27.9 Å². The number of nitrogens with zero attached hydrogens (tertiary/aromatic N) is 3. The Morgan fingerprint density at radius 1 is 1.20 bits per heavy atom. The lowest BCUT2D eigenvalue weighted by molar-refractivity contribution is -0.146. The van der Waals surface area contributed by atoms with Crippen molar-refractivity contribution >= 4 is 34.9 Å². The monoisotopic (exact) mass is 405 g/mol. The zero-order valence-electron chi connectivity index (χ0n) is 16.9. The second-order valence-corrected chi connectivity index (χ2v) is 8.17. The first-order valence-electron chi connectivity index (χ1n) is 10.4. The predicted octanol–water partition coefficient (Wildman–Crippen LogP) is 2.91. The molecule has 7 heteroatoms. The number of para-hydroxylation sites is 1. The third-order valence-electron chi connectivity index (χ3n) is 6.58. The molecule has 1 aromatic carbocycles. The SMILES string of the molecule is CCOC(=O)[C@H](C)n1cc(C=NN2C(=O)[C@@H]3[C@H](C2=O)[C@H]2C=C[C@H]3C2)c2ccccc21. The van der Waals surface area contributed by atoms with Crippen molar-refractivity contribution in [2.45, 2.75) is 26.3 Å². The molecule has 2 aliphatic carbocycles. The Hall–Kier alpha value is -3.22. The van der Waals surface area contributed by atoms with Gasteiger partial charge in [0, 0.05) is 22.7 Å². The Balaban J connectivity index is 1.46. The number of amides is 2. The first kappa shape index (κ1) is 18.8. The molecule has 2 fully saturated rings. The van der Waals surface area contributed by atoms with Crippen LogP contribution in [0.3, 0.4) is 0 Å². The van der Waals surface area contributed by atoms with Crippen molar-refractivity contribution in [2.24, 2.45) is 28.8 Å². The number of hydrogen-bond donors (Lipinski definition) is 0. The molecule has 1 saturated carbocycles. The molecule has 30 heavy (non-hydrogen) atoms. The van der Waals surface area contributed by atoms with E-state index in [1.165, 1.54) is 0 Å². The Kier molecular flexibility index (Phi) is 4.34. The molecule has 2 amide bonds. The number of ether oxygens (including phenoxy) is 1. The van der Waals surface area contributed by atoms with E-state index in [1.807, 2.05) is 35.0 Å². The molecule has 0 N–H and O–H groups in total. The zero-order valence-corrected chi connectivity index (χ0v) is 16.9. The van der Waals surface area contributed by atoms with Gasteiger partial charge in [0.1, 0.15) is 6.04 Å². The van der Waals surface area contributed by atoms with Crippen LogP contribution in [0.5, 0.6) is 0 Å². The number of benzene rings is 1. The van der Waals surface area contributed by atoms with Crippen molar-refractivity contribution in [3.05, 3.63) is 48.2 Å². The van der Waals surface area contributed by atoms with E-state index in [9.17, 15) is 14.4 Å². The van der Waals surface area contributed by atoms with Gasteiger partial charge in [-0.25, -0.2) is 4.79 Å². The molecule has 7 nitrogen and oxygen atoms in total. The number of aromatic nitrogens is 1. The molecule has 0 spiro atoms. The fourth-order valence-electron chi connectivity index (χ4n) is 5.15. The van der Waals surface area contributed by atoms with E-state index in [2.05, 4.69) is 17.3 Å². The maximum Gasteiger partial charge on any atom is 0.328 e. The maximum absolute atomic E-state index is 12.8. The third kappa shape index (κ3) is 2.65. The van der Waals surface area contributed by atoms with Crippen LogP contribution in [0, 0.1) is 23.7 Å². The zero-order chi connectivity index (χ0) is 21.0. The van der Waals surface area contributed by atoms with E-state index < -0.39 is 6.04 Å². The van der Waals surface area contributed by atoms with Gasteiger partial charge in [0.25, 0.3) is 11.8 Å². The van der Waals surface area contributed by atoms with Crippen LogP contribution in [-0.2, 0) is 19.1 Å². The maximum atomic E-state index is 12.8. The van der Waals surface area contributed by atoms with Gasteiger partial charge in [-0.2, -0.15) is 10.1 Å². The van der Waals surface area contributed by atoms with Crippen LogP contribution in [0.4, 0.5) is 0 Å². The molecule has 5 atom stereocenters. The minimum absolute atomic E-state index is 0.156. The van der Waals surface area contributed by atoms with Crippen molar-refractivity contribution in [2.75, 3.05) is 6.61 Å². The van der Waals surface area contributed by atoms with Crippen LogP contribution >= 0.6 is 0 Å². The molecule has 2 heterocycles. The van der Waals surface area contributed by atoms with Gasteiger partial charge in [-0.05, 0) is 38.2 Å². The molecule has 1 aliphatic heterocycles. The van der Waals surface area contributed by atoms with Gasteiger partial charge in [0.2, 0.25) is 0 Å². The molecule has 5 rings (SSSR count). The number of carbonyl (C=O) groups excluding carboxylic acids is 3. The fourth-order valence-corrected chi connectivity index (χ4v) is 5.15. The highest BCUT2D eigenvalue weighted by molar-refractivity contribution is 6.07. The smallest absolute Gasteiger partial charge is 0.328 e. The number of hydrogen-bond acceptors (Lipinski definition) is 5. The highest BCUT2D eigenvalue weighted by Gasteiger charge is 2.59. The van der Waals surface area contributed by atoms with E-state index in [1.54, 1.807) is 20.1 Å². The Morgan fingerprint density at radius 3 is 2.53 bits per heavy atom. The number of imide groups is 1. The highest BCUT2D eigenvalue weighted by Crippen LogP contribution is 2.52. The van der Waals surface area contributed by atoms with Crippen LogP contribution in [0.1, 0.15) is 31.9 Å². The van der Waals surface area contributed by atoms with E-state index in [4.69, 9.17) is 4.74 Å². The van der Waals surface area contributed by atoms with E-state index in [-0.39, 0.29) is 41.5 Å². The lowest BCUT2D eigenvalue weighted by Gasteiger charge is -2.13. The van der Waals surface area contributed by atoms with Gasteiger partial charge >= 0.3 is 5.97 Å². The van der Waals surface area contributed by atoms with Gasteiger partial charge < -0.3 is 9.30 Å². The third-order valence-corrected chi connectivity index (χ3v) is 6.58. The van der Waals surface area contributed by atoms with Crippen LogP contribution in [0.2, 0.25) is 0 Å². The molecule has 2 aromatic rings. The van der Waals surface area contributed by atoms with Crippen molar-refractivity contribution in [3.8, 4) is 0 Å². The largest absolute Gasteiger partial charge is 0.464 e. The van der Waals surface area contributed by atoms with Crippen LogP contribution in [0.25, 0.3) is 10.9 Å². The van der Waals surface area contributed by atoms with E-state index in [0.29, 0.717) is 6.61 Å². The van der Waals surface area contributed by atoms with Crippen molar-refractivity contribution < 1.29 is 19.1 Å². The van der Waals surface area contributed by atoms with Crippen molar-refractivity contribution in [1.29, 1.82) is 0 Å². The van der Waals surface area contributed by atoms with Crippen molar-refractivity contribution in [3.63, 3.8) is 0 Å². The standard InChI is InChI=1S/C23H23N3O4/c1-3-30-23(29)13(2)25-12-16(17-6-4-5-7-18(17)25)11-24-26-21(27)19-14-8-9-15(10-14)20(19)22(26)28/h4-9,11-15,19-20H,3,10H2,1-2H3/t13-,14-,15-,19-,20+/m0/s1. The normalized spacial score (nSPS) is 28.1. The molecular weight excluding hydrogens is 382 g/mol. The number of rotatable bonds is 5. The molecule has 1 aromatic heterocycles. The number of carbonyl (C=O) groups is 3. The summed E-state index contributed by atoms with van der Waals surface area (Å²) in [5.74, 6) is -0.955. The second kappa shape index (κ2) is 6.93. The molecule has 2 bridgehead atoms. The summed E-state index contributed by atoms with van der Waals surface area (Å²) in [5, 5.41) is 6.22. The Labute approximate surface area is 174 Å². The average molecular weight is 405 g/mol. The van der Waals surface area contributed by atoms with Crippen LogP contribution in [0.15, 0.2) is 47.7 Å². The lowest BCUT2D eigenvalue weighted by atomic mass is 9.85. The minimum atomic E-state index is -0.506.